The lowest BCUT2D eigenvalue weighted by Crippen LogP contribution is -2.58. The molecule has 0 saturated carbocycles. The number of nitrogens with one attached hydrogen (secondary N) is 3. The number of hydrogen-bond acceptors (Lipinski definition) is 5. The molecular weight excluding hydrogens is 236 g/mol. The Bertz CT molecular complexity index is 275. The Balaban J connectivity index is 2.11. The van der Waals surface area contributed by atoms with E-state index in [1.165, 1.54) is 0 Å². The quantitative estimate of drug-likeness (QED) is 0.481. The van der Waals surface area contributed by atoms with E-state index < -0.39 is 0 Å². The smallest absolute Gasteiger partial charge is 0.239 e. The molecule has 1 aliphatic rings. The third kappa shape index (κ3) is 5.44. The summed E-state index contributed by atoms with van der Waals surface area (Å²) in [7, 11) is 3.64. The summed E-state index contributed by atoms with van der Waals surface area (Å²) in [5.41, 5.74) is 0. The molecule has 1 rings (SSSR count). The molecule has 0 bridgehead atoms. The molecular formula is C11H22N4O3. The van der Waals surface area contributed by atoms with E-state index >= 15 is 0 Å². The van der Waals surface area contributed by atoms with Crippen molar-refractivity contribution in [3.05, 3.63) is 0 Å². The number of methoxy groups -OCH3 is 1. The highest BCUT2D eigenvalue weighted by Gasteiger charge is 2.23. The highest BCUT2D eigenvalue weighted by molar-refractivity contribution is 5.86. The van der Waals surface area contributed by atoms with Crippen LogP contribution in [0.1, 0.15) is 0 Å². The number of ether oxygens (including phenoxy) is 1. The summed E-state index contributed by atoms with van der Waals surface area (Å²) >= 11 is 0. The fourth-order valence-electron chi connectivity index (χ4n) is 1.60. The topological polar surface area (TPSA) is 82.7 Å². The molecule has 2 amide bonds. The van der Waals surface area contributed by atoms with Gasteiger partial charge in [0.2, 0.25) is 11.8 Å². The van der Waals surface area contributed by atoms with Gasteiger partial charge in [0.1, 0.15) is 6.04 Å². The molecule has 1 atom stereocenters. The normalized spacial score (nSPS) is 19.7. The number of hydrogen-bond donors (Lipinski definition) is 3. The standard InChI is InChI=1S/C11H22N4O3/c1-15(5-6-18-2)4-3-12-11(17)9-7-14-10(16)8-13-9/h9,13H,3-8H2,1-2H3,(H,12,17)(H,14,16). The van der Waals surface area contributed by atoms with Gasteiger partial charge in [-0.1, -0.05) is 0 Å². The van der Waals surface area contributed by atoms with E-state index in [2.05, 4.69) is 20.9 Å². The fraction of sp³-hybridized carbons (Fsp3) is 0.818. The van der Waals surface area contributed by atoms with Crippen LogP contribution in [0.15, 0.2) is 0 Å². The molecule has 1 heterocycles. The van der Waals surface area contributed by atoms with Crippen LogP contribution in [-0.4, -0.2) is 76.2 Å². The second-order valence-electron chi connectivity index (χ2n) is 4.32. The maximum atomic E-state index is 11.7. The minimum absolute atomic E-state index is 0.0710. The monoisotopic (exact) mass is 258 g/mol. The summed E-state index contributed by atoms with van der Waals surface area (Å²) in [5.74, 6) is -0.145. The summed E-state index contributed by atoms with van der Waals surface area (Å²) in [6.45, 7) is 3.43. The molecule has 0 aliphatic carbocycles. The SMILES string of the molecule is COCCN(C)CCNC(=O)C1CNC(=O)CN1. The van der Waals surface area contributed by atoms with E-state index in [9.17, 15) is 9.59 Å². The molecule has 104 valence electrons. The maximum absolute atomic E-state index is 11.7. The average molecular weight is 258 g/mol. The minimum atomic E-state index is -0.327. The number of nitrogens with zero attached hydrogens (tertiary/aromatic N) is 1. The predicted molar refractivity (Wildman–Crippen MR) is 67.2 cm³/mol. The number of carbonyl (C=O) groups is 2. The number of piperazine rings is 1. The zero-order valence-corrected chi connectivity index (χ0v) is 11.0. The molecule has 0 aromatic heterocycles. The van der Waals surface area contributed by atoms with Crippen LogP contribution in [0.4, 0.5) is 0 Å². The molecule has 7 nitrogen and oxygen atoms in total. The molecule has 18 heavy (non-hydrogen) atoms. The van der Waals surface area contributed by atoms with E-state index in [1.807, 2.05) is 7.05 Å². The van der Waals surface area contributed by atoms with Gasteiger partial charge in [-0.25, -0.2) is 0 Å². The first-order valence-electron chi connectivity index (χ1n) is 6.08. The van der Waals surface area contributed by atoms with Crippen LogP contribution < -0.4 is 16.0 Å². The van der Waals surface area contributed by atoms with Crippen molar-refractivity contribution >= 4 is 11.8 Å². The van der Waals surface area contributed by atoms with Crippen molar-refractivity contribution in [3.8, 4) is 0 Å². The van der Waals surface area contributed by atoms with Gasteiger partial charge in [-0.05, 0) is 7.05 Å². The lowest BCUT2D eigenvalue weighted by atomic mass is 10.2. The summed E-state index contributed by atoms with van der Waals surface area (Å²) in [5, 5.41) is 8.37. The van der Waals surface area contributed by atoms with Gasteiger partial charge in [0, 0.05) is 33.3 Å². The number of amides is 2. The van der Waals surface area contributed by atoms with Gasteiger partial charge < -0.3 is 20.3 Å². The third-order valence-electron chi connectivity index (χ3n) is 2.80. The first-order chi connectivity index (χ1) is 8.63. The van der Waals surface area contributed by atoms with Crippen LogP contribution in [-0.2, 0) is 14.3 Å². The molecule has 0 spiro atoms. The fourth-order valence-corrected chi connectivity index (χ4v) is 1.60. The van der Waals surface area contributed by atoms with E-state index in [0.717, 1.165) is 13.1 Å². The van der Waals surface area contributed by atoms with Crippen LogP contribution in [0.5, 0.6) is 0 Å². The van der Waals surface area contributed by atoms with Crippen molar-refractivity contribution in [2.45, 2.75) is 6.04 Å². The van der Waals surface area contributed by atoms with Crippen LogP contribution in [0.2, 0.25) is 0 Å². The molecule has 7 heteroatoms. The van der Waals surface area contributed by atoms with Crippen molar-refractivity contribution in [2.75, 3.05) is 53.5 Å². The van der Waals surface area contributed by atoms with Gasteiger partial charge in [0.05, 0.1) is 13.2 Å². The van der Waals surface area contributed by atoms with Crippen molar-refractivity contribution in [2.24, 2.45) is 0 Å². The van der Waals surface area contributed by atoms with Crippen LogP contribution >= 0.6 is 0 Å². The Kier molecular flexibility index (Phi) is 6.63. The van der Waals surface area contributed by atoms with E-state index in [-0.39, 0.29) is 24.4 Å². The van der Waals surface area contributed by atoms with Crippen molar-refractivity contribution in [3.63, 3.8) is 0 Å². The van der Waals surface area contributed by atoms with Crippen molar-refractivity contribution < 1.29 is 14.3 Å². The Labute approximate surface area is 107 Å². The van der Waals surface area contributed by atoms with Gasteiger partial charge in [-0.15, -0.1) is 0 Å². The maximum Gasteiger partial charge on any atom is 0.239 e. The summed E-state index contributed by atoms with van der Waals surface area (Å²) < 4.78 is 4.97. The van der Waals surface area contributed by atoms with Gasteiger partial charge in [-0.2, -0.15) is 0 Å². The summed E-state index contributed by atoms with van der Waals surface area (Å²) in [6, 6.07) is -0.327. The highest BCUT2D eigenvalue weighted by Crippen LogP contribution is 1.88. The molecule has 1 aliphatic heterocycles. The van der Waals surface area contributed by atoms with Gasteiger partial charge >= 0.3 is 0 Å². The first kappa shape index (κ1) is 14.9. The predicted octanol–water partition coefficient (Wildman–Crippen LogP) is -2.23. The van der Waals surface area contributed by atoms with E-state index in [4.69, 9.17) is 4.74 Å². The second kappa shape index (κ2) is 8.02. The molecule has 3 N–H and O–H groups in total. The van der Waals surface area contributed by atoms with Gasteiger partial charge in [0.25, 0.3) is 0 Å². The first-order valence-corrected chi connectivity index (χ1v) is 6.08. The molecule has 0 radical (unpaired) electrons. The lowest BCUT2D eigenvalue weighted by Gasteiger charge is -2.23. The molecule has 0 aromatic carbocycles. The number of carbonyl (C=O) groups excluding carboxylic acids is 2. The number of likely N-dealkylation sites (N-methyl/N-ethyl adjacent to an activating group) is 1. The number of rotatable bonds is 7. The summed E-state index contributed by atoms with van der Waals surface area (Å²) in [6.07, 6.45) is 0. The van der Waals surface area contributed by atoms with Crippen molar-refractivity contribution in [1.82, 2.24) is 20.9 Å². The average Bonchev–Trinajstić information content (AvgIpc) is 2.37. The van der Waals surface area contributed by atoms with Crippen LogP contribution in [0, 0.1) is 0 Å². The van der Waals surface area contributed by atoms with Crippen LogP contribution in [0.25, 0.3) is 0 Å². The molecule has 0 aromatic rings. The summed E-state index contributed by atoms with van der Waals surface area (Å²) in [4.78, 5) is 24.7. The Morgan fingerprint density at radius 1 is 1.56 bits per heavy atom. The highest BCUT2D eigenvalue weighted by atomic mass is 16.5. The third-order valence-corrected chi connectivity index (χ3v) is 2.80. The Morgan fingerprint density at radius 3 is 2.94 bits per heavy atom. The van der Waals surface area contributed by atoms with E-state index in [1.54, 1.807) is 7.11 Å². The lowest BCUT2D eigenvalue weighted by molar-refractivity contribution is -0.126. The van der Waals surface area contributed by atoms with Gasteiger partial charge in [0.15, 0.2) is 0 Å². The molecule has 1 unspecified atom stereocenters. The zero-order valence-electron chi connectivity index (χ0n) is 11.0. The zero-order chi connectivity index (χ0) is 13.4. The second-order valence-corrected chi connectivity index (χ2v) is 4.32. The Morgan fingerprint density at radius 2 is 2.33 bits per heavy atom. The minimum Gasteiger partial charge on any atom is -0.383 e. The molecule has 1 fully saturated rings. The van der Waals surface area contributed by atoms with E-state index in [0.29, 0.717) is 19.7 Å². The largest absolute Gasteiger partial charge is 0.383 e. The molecule has 1 saturated heterocycles. The van der Waals surface area contributed by atoms with Gasteiger partial charge in [-0.3, -0.25) is 14.9 Å². The Hall–Kier alpha value is -1.18. The van der Waals surface area contributed by atoms with Crippen molar-refractivity contribution in [1.29, 1.82) is 0 Å². The van der Waals surface area contributed by atoms with Crippen LogP contribution in [0.3, 0.4) is 0 Å².